The van der Waals surface area contributed by atoms with Crippen LogP contribution < -0.4 is 0 Å². The smallest absolute Gasteiger partial charge is 0.102 e. The molecule has 1 heterocycles. The first kappa shape index (κ1) is 12.2. The second-order valence-corrected chi connectivity index (χ2v) is 5.47. The van der Waals surface area contributed by atoms with Crippen LogP contribution >= 0.6 is 23.4 Å². The van der Waals surface area contributed by atoms with E-state index in [4.69, 9.17) is 16.9 Å². The lowest BCUT2D eigenvalue weighted by Gasteiger charge is -2.11. The molecule has 2 aromatic rings. The van der Waals surface area contributed by atoms with Gasteiger partial charge in [0, 0.05) is 27.6 Å². The number of rotatable bonds is 3. The van der Waals surface area contributed by atoms with Crippen molar-refractivity contribution in [2.75, 3.05) is 5.88 Å². The van der Waals surface area contributed by atoms with Gasteiger partial charge in [0.15, 0.2) is 0 Å². The molecule has 0 bridgehead atoms. The Labute approximate surface area is 110 Å². The zero-order valence-corrected chi connectivity index (χ0v) is 10.9. The number of fused-ring (bicyclic) bond motifs is 1. The first-order valence-electron chi connectivity index (χ1n) is 5.26. The summed E-state index contributed by atoms with van der Waals surface area (Å²) in [6.07, 6.45) is 1.63. The third-order valence-corrected chi connectivity index (χ3v) is 4.27. The van der Waals surface area contributed by atoms with Crippen molar-refractivity contribution in [3.8, 4) is 6.07 Å². The number of nitriles is 1. The van der Waals surface area contributed by atoms with Gasteiger partial charge < -0.3 is 0 Å². The lowest BCUT2D eigenvalue weighted by atomic mass is 10.2. The van der Waals surface area contributed by atoms with E-state index in [0.717, 1.165) is 15.8 Å². The Hall–Kier alpha value is -1.24. The summed E-state index contributed by atoms with van der Waals surface area (Å²) < 4.78 is 0. The molecule has 0 saturated carbocycles. The van der Waals surface area contributed by atoms with E-state index in [1.165, 1.54) is 0 Å². The molecule has 0 aliphatic heterocycles. The number of hydrogen-bond acceptors (Lipinski definition) is 3. The number of thioether (sulfide) groups is 1. The first-order valence-corrected chi connectivity index (χ1v) is 6.68. The average molecular weight is 263 g/mol. The summed E-state index contributed by atoms with van der Waals surface area (Å²) in [6, 6.07) is 10.0. The Balaban J connectivity index is 2.60. The van der Waals surface area contributed by atoms with E-state index in [1.807, 2.05) is 31.2 Å². The molecule has 1 atom stereocenters. The van der Waals surface area contributed by atoms with Gasteiger partial charge in [0.2, 0.25) is 0 Å². The Morgan fingerprint density at radius 1 is 1.47 bits per heavy atom. The molecule has 17 heavy (non-hydrogen) atoms. The normalized spacial score (nSPS) is 12.3. The SMILES string of the molecule is CC(CCl)Sc1c(C#N)cnc2ccccc12. The molecule has 0 aliphatic rings. The van der Waals surface area contributed by atoms with Gasteiger partial charge in [0.25, 0.3) is 0 Å². The Morgan fingerprint density at radius 2 is 2.24 bits per heavy atom. The van der Waals surface area contributed by atoms with E-state index in [0.29, 0.717) is 11.4 Å². The third kappa shape index (κ3) is 2.54. The highest BCUT2D eigenvalue weighted by atomic mass is 35.5. The van der Waals surface area contributed by atoms with Crippen molar-refractivity contribution in [3.63, 3.8) is 0 Å². The first-order chi connectivity index (χ1) is 8.26. The molecule has 0 fully saturated rings. The van der Waals surface area contributed by atoms with Crippen molar-refractivity contribution in [2.24, 2.45) is 0 Å². The van der Waals surface area contributed by atoms with Gasteiger partial charge in [-0.3, -0.25) is 4.98 Å². The van der Waals surface area contributed by atoms with Crippen molar-refractivity contribution in [3.05, 3.63) is 36.0 Å². The molecule has 0 saturated heterocycles. The minimum absolute atomic E-state index is 0.273. The lowest BCUT2D eigenvalue weighted by molar-refractivity contribution is 1.12. The maximum Gasteiger partial charge on any atom is 0.102 e. The fourth-order valence-electron chi connectivity index (χ4n) is 1.56. The van der Waals surface area contributed by atoms with Crippen LogP contribution in [0.2, 0.25) is 0 Å². The standard InChI is InChI=1S/C13H11ClN2S/c1-9(6-14)17-13-10(7-15)8-16-12-5-3-2-4-11(12)13/h2-5,8-9H,6H2,1H3. The van der Waals surface area contributed by atoms with Crippen LogP contribution in [0.25, 0.3) is 10.9 Å². The molecule has 2 nitrogen and oxygen atoms in total. The van der Waals surface area contributed by atoms with Gasteiger partial charge in [0.1, 0.15) is 6.07 Å². The largest absolute Gasteiger partial charge is 0.255 e. The zero-order chi connectivity index (χ0) is 12.3. The van der Waals surface area contributed by atoms with Crippen LogP contribution in [0.3, 0.4) is 0 Å². The van der Waals surface area contributed by atoms with E-state index in [9.17, 15) is 0 Å². The summed E-state index contributed by atoms with van der Waals surface area (Å²) in [6.45, 7) is 2.05. The number of halogens is 1. The molecule has 0 amide bonds. The summed E-state index contributed by atoms with van der Waals surface area (Å²) >= 11 is 7.46. The fourth-order valence-corrected chi connectivity index (χ4v) is 2.73. The maximum absolute atomic E-state index is 9.13. The van der Waals surface area contributed by atoms with Gasteiger partial charge in [-0.05, 0) is 6.07 Å². The number of benzene rings is 1. The van der Waals surface area contributed by atoms with Gasteiger partial charge in [-0.1, -0.05) is 25.1 Å². The summed E-state index contributed by atoms with van der Waals surface area (Å²) in [5, 5.41) is 10.4. The van der Waals surface area contributed by atoms with E-state index in [1.54, 1.807) is 18.0 Å². The predicted octanol–water partition coefficient (Wildman–Crippen LogP) is 3.83. The Bertz CT molecular complexity index is 577. The number of hydrogen-bond donors (Lipinski definition) is 0. The average Bonchev–Trinajstić information content (AvgIpc) is 2.39. The predicted molar refractivity (Wildman–Crippen MR) is 72.5 cm³/mol. The molecule has 1 unspecified atom stereocenters. The van der Waals surface area contributed by atoms with Crippen LogP contribution in [0.1, 0.15) is 12.5 Å². The van der Waals surface area contributed by atoms with Crippen LogP contribution in [0.5, 0.6) is 0 Å². The highest BCUT2D eigenvalue weighted by Gasteiger charge is 2.12. The van der Waals surface area contributed by atoms with Crippen LogP contribution in [-0.4, -0.2) is 16.1 Å². The molecule has 0 N–H and O–H groups in total. The number of pyridine rings is 1. The van der Waals surface area contributed by atoms with Crippen molar-refractivity contribution >= 4 is 34.3 Å². The number of alkyl halides is 1. The van der Waals surface area contributed by atoms with Gasteiger partial charge in [-0.2, -0.15) is 5.26 Å². The van der Waals surface area contributed by atoms with Crippen LogP contribution in [0.4, 0.5) is 0 Å². The Morgan fingerprint density at radius 3 is 2.94 bits per heavy atom. The van der Waals surface area contributed by atoms with Crippen molar-refractivity contribution in [1.82, 2.24) is 4.98 Å². The van der Waals surface area contributed by atoms with Crippen LogP contribution in [0, 0.1) is 11.3 Å². The minimum Gasteiger partial charge on any atom is -0.255 e. The van der Waals surface area contributed by atoms with Crippen molar-refractivity contribution < 1.29 is 0 Å². The topological polar surface area (TPSA) is 36.7 Å². The van der Waals surface area contributed by atoms with Crippen LogP contribution in [0.15, 0.2) is 35.4 Å². The van der Waals surface area contributed by atoms with E-state index >= 15 is 0 Å². The second-order valence-electron chi connectivity index (χ2n) is 3.71. The molecule has 1 aromatic heterocycles. The van der Waals surface area contributed by atoms with E-state index in [-0.39, 0.29) is 5.25 Å². The van der Waals surface area contributed by atoms with Gasteiger partial charge in [-0.15, -0.1) is 23.4 Å². The van der Waals surface area contributed by atoms with E-state index < -0.39 is 0 Å². The minimum atomic E-state index is 0.273. The molecule has 0 radical (unpaired) electrons. The molecular weight excluding hydrogens is 252 g/mol. The highest BCUT2D eigenvalue weighted by Crippen LogP contribution is 2.33. The second kappa shape index (κ2) is 5.39. The summed E-state index contributed by atoms with van der Waals surface area (Å²) in [7, 11) is 0. The molecule has 0 spiro atoms. The lowest BCUT2D eigenvalue weighted by Crippen LogP contribution is -1.99. The summed E-state index contributed by atoms with van der Waals surface area (Å²) in [5.41, 5.74) is 1.53. The molecule has 1 aromatic carbocycles. The third-order valence-electron chi connectivity index (χ3n) is 2.38. The number of para-hydroxylation sites is 1. The van der Waals surface area contributed by atoms with Gasteiger partial charge >= 0.3 is 0 Å². The maximum atomic E-state index is 9.13. The van der Waals surface area contributed by atoms with Gasteiger partial charge in [0.05, 0.1) is 11.1 Å². The van der Waals surface area contributed by atoms with Crippen LogP contribution in [-0.2, 0) is 0 Å². The summed E-state index contributed by atoms with van der Waals surface area (Å²) in [5.74, 6) is 0.562. The molecule has 4 heteroatoms. The van der Waals surface area contributed by atoms with Crippen molar-refractivity contribution in [1.29, 1.82) is 5.26 Å². The Kier molecular flexibility index (Phi) is 3.88. The quantitative estimate of drug-likeness (QED) is 0.623. The van der Waals surface area contributed by atoms with Gasteiger partial charge in [-0.25, -0.2) is 0 Å². The molecular formula is C13H11ClN2S. The fraction of sp³-hybridized carbons (Fsp3) is 0.231. The number of aromatic nitrogens is 1. The molecule has 86 valence electrons. The highest BCUT2D eigenvalue weighted by molar-refractivity contribution is 8.00. The number of nitrogens with zero attached hydrogens (tertiary/aromatic N) is 2. The summed E-state index contributed by atoms with van der Waals surface area (Å²) in [4.78, 5) is 5.25. The monoisotopic (exact) mass is 262 g/mol. The zero-order valence-electron chi connectivity index (χ0n) is 9.35. The van der Waals surface area contributed by atoms with E-state index in [2.05, 4.69) is 11.1 Å². The molecule has 0 aliphatic carbocycles. The molecule has 2 rings (SSSR count). The van der Waals surface area contributed by atoms with Crippen molar-refractivity contribution in [2.45, 2.75) is 17.1 Å².